The average molecular weight is 276 g/mol. The summed E-state index contributed by atoms with van der Waals surface area (Å²) in [5.74, 6) is 1.00. The van der Waals surface area contributed by atoms with E-state index in [-0.39, 0.29) is 11.5 Å². The van der Waals surface area contributed by atoms with Crippen LogP contribution in [-0.2, 0) is 12.8 Å². The number of nitrogens with zero attached hydrogens (tertiary/aromatic N) is 2. The Morgan fingerprint density at radius 1 is 1.20 bits per heavy atom. The number of rotatable bonds is 4. The molecule has 0 radical (unpaired) electrons. The summed E-state index contributed by atoms with van der Waals surface area (Å²) in [7, 11) is 0. The molecule has 0 spiro atoms. The zero-order chi connectivity index (χ0) is 14.6. The first kappa shape index (κ1) is 15.2. The fourth-order valence-electron chi connectivity index (χ4n) is 2.94. The van der Waals surface area contributed by atoms with Crippen molar-refractivity contribution in [2.24, 2.45) is 11.1 Å². The van der Waals surface area contributed by atoms with Gasteiger partial charge < -0.3 is 11.1 Å². The van der Waals surface area contributed by atoms with Crippen LogP contribution in [0.25, 0.3) is 0 Å². The zero-order valence-electron chi connectivity index (χ0n) is 13.1. The van der Waals surface area contributed by atoms with E-state index in [1.165, 1.54) is 30.5 Å². The molecule has 4 nitrogen and oxygen atoms in total. The Hall–Kier alpha value is -1.16. The minimum absolute atomic E-state index is 0.159. The van der Waals surface area contributed by atoms with E-state index in [4.69, 9.17) is 5.73 Å². The molecule has 2 rings (SSSR count). The molecule has 0 amide bonds. The molecule has 1 aliphatic carbocycles. The lowest BCUT2D eigenvalue weighted by Gasteiger charge is -2.24. The number of nitrogens with two attached hydrogens (primary N) is 1. The van der Waals surface area contributed by atoms with E-state index in [1.54, 1.807) is 6.33 Å². The minimum atomic E-state index is 0.159. The van der Waals surface area contributed by atoms with Crippen LogP contribution >= 0.6 is 0 Å². The van der Waals surface area contributed by atoms with Gasteiger partial charge in [0.1, 0.15) is 12.1 Å². The van der Waals surface area contributed by atoms with E-state index < -0.39 is 0 Å². The van der Waals surface area contributed by atoms with Crippen molar-refractivity contribution in [2.75, 3.05) is 11.9 Å². The van der Waals surface area contributed by atoms with Gasteiger partial charge in [-0.2, -0.15) is 0 Å². The molecule has 1 unspecified atom stereocenters. The number of hydrogen-bond acceptors (Lipinski definition) is 4. The van der Waals surface area contributed by atoms with Crippen LogP contribution < -0.4 is 11.1 Å². The van der Waals surface area contributed by atoms with Gasteiger partial charge >= 0.3 is 0 Å². The van der Waals surface area contributed by atoms with E-state index in [9.17, 15) is 0 Å². The van der Waals surface area contributed by atoms with Crippen molar-refractivity contribution in [3.05, 3.63) is 17.6 Å². The maximum atomic E-state index is 6.21. The first-order chi connectivity index (χ1) is 9.46. The molecule has 1 atom stereocenters. The number of fused-ring (bicyclic) bond motifs is 1. The molecule has 1 aromatic heterocycles. The molecule has 112 valence electrons. The summed E-state index contributed by atoms with van der Waals surface area (Å²) < 4.78 is 0. The summed E-state index contributed by atoms with van der Waals surface area (Å²) in [4.78, 5) is 8.87. The predicted octanol–water partition coefficient (Wildman–Crippen LogP) is 2.92. The lowest BCUT2D eigenvalue weighted by Crippen LogP contribution is -2.33. The highest BCUT2D eigenvalue weighted by Gasteiger charge is 2.17. The quantitative estimate of drug-likeness (QED) is 0.830. The van der Waals surface area contributed by atoms with Crippen LogP contribution in [0.2, 0.25) is 0 Å². The van der Waals surface area contributed by atoms with Gasteiger partial charge in [0.25, 0.3) is 0 Å². The van der Waals surface area contributed by atoms with Crippen LogP contribution in [0.5, 0.6) is 0 Å². The van der Waals surface area contributed by atoms with Gasteiger partial charge in [-0.3, -0.25) is 0 Å². The zero-order valence-corrected chi connectivity index (χ0v) is 13.1. The molecule has 0 saturated carbocycles. The predicted molar refractivity (Wildman–Crippen MR) is 83.8 cm³/mol. The van der Waals surface area contributed by atoms with Crippen LogP contribution in [0.15, 0.2) is 6.33 Å². The average Bonchev–Trinajstić information content (AvgIpc) is 2.59. The third-order valence-corrected chi connectivity index (χ3v) is 3.78. The molecule has 1 heterocycles. The van der Waals surface area contributed by atoms with Crippen molar-refractivity contribution in [1.82, 2.24) is 9.97 Å². The van der Waals surface area contributed by atoms with Crippen molar-refractivity contribution in [3.63, 3.8) is 0 Å². The molecule has 3 N–H and O–H groups in total. The maximum Gasteiger partial charge on any atom is 0.132 e. The molecule has 1 aromatic rings. The first-order valence-corrected chi connectivity index (χ1v) is 7.78. The van der Waals surface area contributed by atoms with Gasteiger partial charge in [0, 0.05) is 23.8 Å². The summed E-state index contributed by atoms with van der Waals surface area (Å²) in [6.07, 6.45) is 8.64. The summed E-state index contributed by atoms with van der Waals surface area (Å²) in [5.41, 5.74) is 9.02. The Morgan fingerprint density at radius 3 is 2.70 bits per heavy atom. The SMILES string of the molecule is CC(C)(C)CC(N)CNc1ncnc2c1CCCCC2. The fraction of sp³-hybridized carbons (Fsp3) is 0.750. The Balaban J connectivity index is 1.99. The monoisotopic (exact) mass is 276 g/mol. The van der Waals surface area contributed by atoms with Crippen LogP contribution in [-0.4, -0.2) is 22.6 Å². The molecule has 0 aromatic carbocycles. The third kappa shape index (κ3) is 4.44. The van der Waals surface area contributed by atoms with E-state index in [2.05, 4.69) is 36.1 Å². The normalized spacial score (nSPS) is 17.2. The minimum Gasteiger partial charge on any atom is -0.368 e. The van der Waals surface area contributed by atoms with Gasteiger partial charge in [0.2, 0.25) is 0 Å². The van der Waals surface area contributed by atoms with Crippen molar-refractivity contribution in [1.29, 1.82) is 0 Å². The van der Waals surface area contributed by atoms with E-state index in [1.807, 2.05) is 0 Å². The Labute approximate surface area is 122 Å². The van der Waals surface area contributed by atoms with Gasteiger partial charge in [-0.15, -0.1) is 0 Å². The Bertz CT molecular complexity index is 437. The van der Waals surface area contributed by atoms with Gasteiger partial charge in [0.15, 0.2) is 0 Å². The lowest BCUT2D eigenvalue weighted by atomic mass is 9.88. The smallest absolute Gasteiger partial charge is 0.132 e. The van der Waals surface area contributed by atoms with Crippen LogP contribution in [0.3, 0.4) is 0 Å². The number of hydrogen-bond donors (Lipinski definition) is 2. The van der Waals surface area contributed by atoms with E-state index in [0.717, 1.165) is 31.6 Å². The molecule has 20 heavy (non-hydrogen) atoms. The fourth-order valence-corrected chi connectivity index (χ4v) is 2.94. The molecular formula is C16H28N4. The molecule has 0 aliphatic heterocycles. The number of aryl methyl sites for hydroxylation is 1. The first-order valence-electron chi connectivity index (χ1n) is 7.78. The molecule has 4 heteroatoms. The molecule has 1 aliphatic rings. The van der Waals surface area contributed by atoms with Gasteiger partial charge in [-0.05, 0) is 37.5 Å². The summed E-state index contributed by atoms with van der Waals surface area (Å²) >= 11 is 0. The van der Waals surface area contributed by atoms with Crippen LogP contribution in [0.4, 0.5) is 5.82 Å². The number of anilines is 1. The van der Waals surface area contributed by atoms with Crippen LogP contribution in [0, 0.1) is 5.41 Å². The van der Waals surface area contributed by atoms with E-state index >= 15 is 0 Å². The standard InChI is InChI=1S/C16H28N4/c1-16(2,3)9-12(17)10-18-15-13-7-5-4-6-8-14(13)19-11-20-15/h11-12H,4-10,17H2,1-3H3,(H,18,19,20). The van der Waals surface area contributed by atoms with Crippen molar-refractivity contribution >= 4 is 5.82 Å². The van der Waals surface area contributed by atoms with Crippen molar-refractivity contribution < 1.29 is 0 Å². The maximum absolute atomic E-state index is 6.21. The van der Waals surface area contributed by atoms with Gasteiger partial charge in [0.05, 0.1) is 0 Å². The lowest BCUT2D eigenvalue weighted by molar-refractivity contribution is 0.344. The topological polar surface area (TPSA) is 63.8 Å². The number of aromatic nitrogens is 2. The van der Waals surface area contributed by atoms with Crippen LogP contribution in [0.1, 0.15) is 57.7 Å². The number of nitrogens with one attached hydrogen (secondary N) is 1. The third-order valence-electron chi connectivity index (χ3n) is 3.78. The highest BCUT2D eigenvalue weighted by Crippen LogP contribution is 2.24. The highest BCUT2D eigenvalue weighted by molar-refractivity contribution is 5.46. The van der Waals surface area contributed by atoms with E-state index in [0.29, 0.717) is 0 Å². The second kappa shape index (κ2) is 6.53. The largest absolute Gasteiger partial charge is 0.368 e. The Morgan fingerprint density at radius 2 is 1.95 bits per heavy atom. The van der Waals surface area contributed by atoms with Crippen molar-refractivity contribution in [3.8, 4) is 0 Å². The summed E-state index contributed by atoms with van der Waals surface area (Å²) in [6.45, 7) is 7.46. The van der Waals surface area contributed by atoms with Crippen molar-refractivity contribution in [2.45, 2.75) is 65.3 Å². The molecular weight excluding hydrogens is 248 g/mol. The second-order valence-electron chi connectivity index (χ2n) is 7.11. The summed E-state index contributed by atoms with van der Waals surface area (Å²) in [5, 5.41) is 3.45. The molecule has 0 bridgehead atoms. The second-order valence-corrected chi connectivity index (χ2v) is 7.11. The highest BCUT2D eigenvalue weighted by atomic mass is 15.0. The molecule has 0 saturated heterocycles. The summed E-state index contributed by atoms with van der Waals surface area (Å²) in [6, 6.07) is 0.159. The molecule has 0 fully saturated rings. The van der Waals surface area contributed by atoms with Gasteiger partial charge in [-0.25, -0.2) is 9.97 Å². The Kier molecular flexibility index (Phi) is 4.97. The van der Waals surface area contributed by atoms with Gasteiger partial charge in [-0.1, -0.05) is 27.2 Å².